The maximum Gasteiger partial charge on any atom is 0.163 e. The number of nitrogens with zero attached hydrogens (tertiary/aromatic N) is 2. The third-order valence-electron chi connectivity index (χ3n) is 5.30. The van der Waals surface area contributed by atoms with Crippen molar-refractivity contribution in [2.75, 3.05) is 25.1 Å². The summed E-state index contributed by atoms with van der Waals surface area (Å²) in [5.74, 6) is 2.30. The minimum absolute atomic E-state index is 0.188. The van der Waals surface area contributed by atoms with Crippen LogP contribution in [0.5, 0.6) is 11.5 Å². The number of hydrogen-bond acceptors (Lipinski definition) is 4. The quantitative estimate of drug-likeness (QED) is 0.744. The zero-order valence-corrected chi connectivity index (χ0v) is 15.6. The fourth-order valence-corrected chi connectivity index (χ4v) is 3.89. The molecule has 1 N–H and O–H groups in total. The number of fused-ring (bicyclic) bond motifs is 2. The van der Waals surface area contributed by atoms with Crippen LogP contribution in [0.2, 0.25) is 0 Å². The molecule has 0 saturated heterocycles. The minimum atomic E-state index is -0.188. The number of rotatable bonds is 3. The second kappa shape index (κ2) is 7.19. The molecule has 0 atom stereocenters. The summed E-state index contributed by atoms with van der Waals surface area (Å²) >= 11 is 0. The molecule has 0 radical (unpaired) electrons. The van der Waals surface area contributed by atoms with E-state index in [1.807, 2.05) is 35.0 Å². The molecule has 0 amide bonds. The van der Waals surface area contributed by atoms with E-state index in [1.165, 1.54) is 11.6 Å². The highest BCUT2D eigenvalue weighted by Crippen LogP contribution is 2.35. The van der Waals surface area contributed by atoms with Crippen molar-refractivity contribution in [1.29, 1.82) is 0 Å². The Morgan fingerprint density at radius 1 is 1.04 bits per heavy atom. The number of anilines is 1. The van der Waals surface area contributed by atoms with Gasteiger partial charge in [0.1, 0.15) is 24.8 Å². The van der Waals surface area contributed by atoms with E-state index >= 15 is 0 Å². The van der Waals surface area contributed by atoms with E-state index in [4.69, 9.17) is 14.6 Å². The summed E-state index contributed by atoms with van der Waals surface area (Å²) in [6.07, 6.45) is 3.62. The molecular formula is C22H22FN3O2. The van der Waals surface area contributed by atoms with E-state index in [0.717, 1.165) is 54.5 Å². The van der Waals surface area contributed by atoms with Gasteiger partial charge in [-0.2, -0.15) is 5.10 Å². The van der Waals surface area contributed by atoms with E-state index in [0.29, 0.717) is 25.2 Å². The van der Waals surface area contributed by atoms with E-state index in [-0.39, 0.29) is 5.82 Å². The van der Waals surface area contributed by atoms with E-state index in [2.05, 4.69) is 5.32 Å². The SMILES string of the molecule is Fc1ccccc1Cc1nn(-c2ccc3c(c2)OCCO3)c2c1CCCCN2. The third-order valence-corrected chi connectivity index (χ3v) is 5.30. The Labute approximate surface area is 163 Å². The predicted molar refractivity (Wildman–Crippen MR) is 105 cm³/mol. The molecule has 0 saturated carbocycles. The van der Waals surface area contributed by atoms with Crippen LogP contribution in [0, 0.1) is 5.82 Å². The Morgan fingerprint density at radius 2 is 1.89 bits per heavy atom. The Hall–Kier alpha value is -3.02. The van der Waals surface area contributed by atoms with Gasteiger partial charge >= 0.3 is 0 Å². The lowest BCUT2D eigenvalue weighted by Gasteiger charge is -2.19. The molecule has 0 fully saturated rings. The molecule has 3 aromatic rings. The fraction of sp³-hybridized carbons (Fsp3) is 0.318. The normalized spacial score (nSPS) is 15.5. The molecule has 0 aliphatic carbocycles. The van der Waals surface area contributed by atoms with Crippen LogP contribution in [0.3, 0.4) is 0 Å². The van der Waals surface area contributed by atoms with Crippen LogP contribution >= 0.6 is 0 Å². The lowest BCUT2D eigenvalue weighted by molar-refractivity contribution is 0.171. The van der Waals surface area contributed by atoms with Gasteiger partial charge in [0, 0.05) is 24.6 Å². The van der Waals surface area contributed by atoms with Crippen molar-refractivity contribution in [3.05, 3.63) is 65.1 Å². The Morgan fingerprint density at radius 3 is 2.79 bits per heavy atom. The molecule has 3 heterocycles. The molecule has 5 rings (SSSR count). The summed E-state index contributed by atoms with van der Waals surface area (Å²) < 4.78 is 27.5. The summed E-state index contributed by atoms with van der Waals surface area (Å²) in [6, 6.07) is 12.8. The van der Waals surface area contributed by atoms with Crippen molar-refractivity contribution in [1.82, 2.24) is 9.78 Å². The van der Waals surface area contributed by atoms with Gasteiger partial charge in [-0.05, 0) is 43.0 Å². The maximum absolute atomic E-state index is 14.2. The Kier molecular flexibility index (Phi) is 4.39. The zero-order chi connectivity index (χ0) is 18.9. The highest BCUT2D eigenvalue weighted by atomic mass is 19.1. The minimum Gasteiger partial charge on any atom is -0.486 e. The van der Waals surface area contributed by atoms with Crippen molar-refractivity contribution >= 4 is 5.82 Å². The summed E-state index contributed by atoms with van der Waals surface area (Å²) in [5, 5.41) is 8.41. The van der Waals surface area contributed by atoms with Crippen molar-refractivity contribution in [2.24, 2.45) is 0 Å². The Balaban J connectivity index is 1.58. The van der Waals surface area contributed by atoms with Crippen LogP contribution in [0.1, 0.15) is 29.7 Å². The van der Waals surface area contributed by atoms with Gasteiger partial charge in [0.05, 0.1) is 11.4 Å². The topological polar surface area (TPSA) is 48.3 Å². The molecular weight excluding hydrogens is 357 g/mol. The highest BCUT2D eigenvalue weighted by molar-refractivity contribution is 5.58. The number of benzene rings is 2. The van der Waals surface area contributed by atoms with Gasteiger partial charge in [-0.1, -0.05) is 18.2 Å². The van der Waals surface area contributed by atoms with Crippen LogP contribution < -0.4 is 14.8 Å². The first-order valence-electron chi connectivity index (χ1n) is 9.77. The van der Waals surface area contributed by atoms with Gasteiger partial charge in [-0.15, -0.1) is 0 Å². The molecule has 0 unspecified atom stereocenters. The van der Waals surface area contributed by atoms with Gasteiger partial charge in [0.2, 0.25) is 0 Å². The van der Waals surface area contributed by atoms with E-state index < -0.39 is 0 Å². The van der Waals surface area contributed by atoms with Crippen LogP contribution in [-0.4, -0.2) is 29.5 Å². The van der Waals surface area contributed by atoms with Crippen molar-refractivity contribution < 1.29 is 13.9 Å². The molecule has 6 heteroatoms. The van der Waals surface area contributed by atoms with Crippen LogP contribution in [0.4, 0.5) is 10.2 Å². The van der Waals surface area contributed by atoms with Gasteiger partial charge < -0.3 is 14.8 Å². The second-order valence-corrected chi connectivity index (χ2v) is 7.17. The lowest BCUT2D eigenvalue weighted by Crippen LogP contribution is -2.15. The number of hydrogen-bond donors (Lipinski definition) is 1. The molecule has 144 valence electrons. The zero-order valence-electron chi connectivity index (χ0n) is 15.6. The highest BCUT2D eigenvalue weighted by Gasteiger charge is 2.22. The molecule has 1 aromatic heterocycles. The van der Waals surface area contributed by atoms with Gasteiger partial charge in [-0.3, -0.25) is 0 Å². The van der Waals surface area contributed by atoms with Crippen molar-refractivity contribution in [2.45, 2.75) is 25.7 Å². The van der Waals surface area contributed by atoms with E-state index in [1.54, 1.807) is 6.07 Å². The largest absolute Gasteiger partial charge is 0.486 e. The number of halogens is 1. The van der Waals surface area contributed by atoms with Crippen LogP contribution in [0.25, 0.3) is 5.69 Å². The standard InChI is InChI=1S/C22H22FN3O2/c23-18-7-2-1-5-15(18)13-19-17-6-3-4-10-24-22(17)26(25-19)16-8-9-20-21(14-16)28-12-11-27-20/h1-2,5,7-9,14,24H,3-4,6,10-13H2. The first-order chi connectivity index (χ1) is 13.8. The molecule has 2 aliphatic heterocycles. The van der Waals surface area contributed by atoms with Gasteiger partial charge in [0.25, 0.3) is 0 Å². The smallest absolute Gasteiger partial charge is 0.163 e. The molecule has 0 spiro atoms. The average molecular weight is 379 g/mol. The van der Waals surface area contributed by atoms with Crippen molar-refractivity contribution in [3.8, 4) is 17.2 Å². The van der Waals surface area contributed by atoms with Crippen LogP contribution in [0.15, 0.2) is 42.5 Å². The number of nitrogens with one attached hydrogen (secondary N) is 1. The number of ether oxygens (including phenoxy) is 2. The summed E-state index contributed by atoms with van der Waals surface area (Å²) in [7, 11) is 0. The maximum atomic E-state index is 14.2. The third kappa shape index (κ3) is 3.09. The Bertz CT molecular complexity index is 1020. The van der Waals surface area contributed by atoms with Gasteiger partial charge in [-0.25, -0.2) is 9.07 Å². The number of aromatic nitrogens is 2. The molecule has 2 aromatic carbocycles. The summed E-state index contributed by atoms with van der Waals surface area (Å²) in [6.45, 7) is 2.02. The lowest BCUT2D eigenvalue weighted by atomic mass is 10.0. The van der Waals surface area contributed by atoms with Crippen LogP contribution in [-0.2, 0) is 12.8 Å². The fourth-order valence-electron chi connectivity index (χ4n) is 3.89. The van der Waals surface area contributed by atoms with Gasteiger partial charge in [0.15, 0.2) is 11.5 Å². The summed E-state index contributed by atoms with van der Waals surface area (Å²) in [5.41, 5.74) is 3.68. The second-order valence-electron chi connectivity index (χ2n) is 7.17. The summed E-state index contributed by atoms with van der Waals surface area (Å²) in [4.78, 5) is 0. The first-order valence-corrected chi connectivity index (χ1v) is 9.77. The molecule has 0 bridgehead atoms. The van der Waals surface area contributed by atoms with E-state index in [9.17, 15) is 4.39 Å². The predicted octanol–water partition coefficient (Wildman–Crippen LogP) is 4.12. The molecule has 2 aliphatic rings. The molecule has 5 nitrogen and oxygen atoms in total. The first kappa shape index (κ1) is 17.1. The average Bonchev–Trinajstić information content (AvgIpc) is 2.89. The van der Waals surface area contributed by atoms with Crippen molar-refractivity contribution in [3.63, 3.8) is 0 Å². The monoisotopic (exact) mass is 379 g/mol. The molecule has 28 heavy (non-hydrogen) atoms.